The molecular weight excluding hydrogens is 1550 g/mol. The zero-order valence-electron chi connectivity index (χ0n) is 73.6. The van der Waals surface area contributed by atoms with E-state index in [1.165, 1.54) is 276 Å². The molecule has 0 aliphatic heterocycles. The fraction of sp³-hybridized carbons (Fsp3) is 0.226. The van der Waals surface area contributed by atoms with Gasteiger partial charge in [0.1, 0.15) is 0 Å². The van der Waals surface area contributed by atoms with Crippen molar-refractivity contribution in [3.05, 3.63) is 408 Å². The number of unbranched alkanes of at least 4 members (excludes halogenated alkanes) is 12. The summed E-state index contributed by atoms with van der Waals surface area (Å²) in [5.74, 6) is 0.209. The largest absolute Gasteiger partial charge is 0.340 e. The first-order valence-electron chi connectivity index (χ1n) is 48.3. The van der Waals surface area contributed by atoms with E-state index < -0.39 is 0 Å². The quantitative estimate of drug-likeness (QED) is 0.0386. The molecule has 4 heterocycles. The van der Waals surface area contributed by atoms with Crippen LogP contribution in [0.3, 0.4) is 0 Å². The molecule has 626 valence electrons. The van der Waals surface area contributed by atoms with Crippen molar-refractivity contribution in [2.75, 3.05) is 0 Å². The maximum absolute atomic E-state index is 2.70. The van der Waals surface area contributed by atoms with Crippen molar-refractivity contribution in [2.24, 2.45) is 0 Å². The number of benzene rings is 16. The summed E-state index contributed by atoms with van der Waals surface area (Å²) in [5.41, 5.74) is 39.0. The highest BCUT2D eigenvalue weighted by Crippen LogP contribution is 2.62. The lowest BCUT2D eigenvalue weighted by atomic mass is 9.70. The van der Waals surface area contributed by atoms with E-state index in [0.717, 1.165) is 77.5 Å². The molecule has 4 aromatic heterocycles. The van der Waals surface area contributed by atoms with Gasteiger partial charge in [-0.3, -0.25) is 0 Å². The van der Waals surface area contributed by atoms with Crippen LogP contribution in [0.1, 0.15) is 185 Å². The fourth-order valence-electron chi connectivity index (χ4n) is 25.3. The maximum Gasteiger partial charge on any atom is 0.0491 e. The minimum atomic E-state index is -0.115. The normalized spacial score (nSPS) is 14.0. The number of nitrogens with zero attached hydrogens (tertiary/aromatic N) is 4. The van der Waals surface area contributed by atoms with Gasteiger partial charge in [0.2, 0.25) is 0 Å². The highest BCUT2D eigenvalue weighted by atomic mass is 15.0. The van der Waals surface area contributed by atoms with Gasteiger partial charge < -0.3 is 18.3 Å². The highest BCUT2D eigenvalue weighted by molar-refractivity contribution is 6.11. The molecule has 0 atom stereocenters. The Morgan fingerprint density at radius 3 is 0.672 bits per heavy atom. The molecule has 0 bridgehead atoms. The summed E-state index contributed by atoms with van der Waals surface area (Å²) in [7, 11) is 0. The molecule has 24 rings (SSSR count). The van der Waals surface area contributed by atoms with Crippen LogP contribution in [0.25, 0.3) is 154 Å². The second-order valence-corrected chi connectivity index (χ2v) is 37.9. The van der Waals surface area contributed by atoms with Crippen LogP contribution >= 0.6 is 0 Å². The first-order valence-corrected chi connectivity index (χ1v) is 48.3. The lowest BCUT2D eigenvalue weighted by Gasteiger charge is -2.33. The van der Waals surface area contributed by atoms with Crippen LogP contribution in [-0.4, -0.2) is 18.3 Å². The Labute approximate surface area is 752 Å². The molecule has 0 amide bonds. The number of para-hydroxylation sites is 8. The van der Waals surface area contributed by atoms with Gasteiger partial charge in [-0.05, 0) is 235 Å². The van der Waals surface area contributed by atoms with E-state index in [0.29, 0.717) is 0 Å². The molecule has 128 heavy (non-hydrogen) atoms. The van der Waals surface area contributed by atoms with Gasteiger partial charge in [0.15, 0.2) is 0 Å². The third-order valence-corrected chi connectivity index (χ3v) is 31.1. The second-order valence-electron chi connectivity index (χ2n) is 37.9. The summed E-state index contributed by atoms with van der Waals surface area (Å²) >= 11 is 0. The molecule has 4 heteroatoms. The average Bonchev–Trinajstić information content (AvgIpc) is 1.56. The maximum atomic E-state index is 2.70. The van der Waals surface area contributed by atoms with Gasteiger partial charge in [-0.15, -0.1) is 0 Å². The predicted molar refractivity (Wildman–Crippen MR) is 541 cm³/mol. The molecule has 0 saturated carbocycles. The Balaban J connectivity index is 0.555. The number of aryl methyl sites for hydroxylation is 4. The Kier molecular flexibility index (Phi) is 20.3. The average molecular weight is 1660 g/mol. The van der Waals surface area contributed by atoms with Gasteiger partial charge in [-0.2, -0.15) is 0 Å². The zero-order valence-corrected chi connectivity index (χ0v) is 73.6. The summed E-state index contributed by atoms with van der Waals surface area (Å²) in [4.78, 5) is 0. The van der Waals surface area contributed by atoms with Crippen LogP contribution in [0.5, 0.6) is 0 Å². The monoisotopic (exact) mass is 1650 g/mol. The van der Waals surface area contributed by atoms with Gasteiger partial charge in [0, 0.05) is 136 Å². The van der Waals surface area contributed by atoms with E-state index in [1.807, 2.05) is 0 Å². The number of rotatable bonds is 31. The lowest BCUT2D eigenvalue weighted by Crippen LogP contribution is -2.25. The van der Waals surface area contributed by atoms with Gasteiger partial charge in [0.05, 0.1) is 0 Å². The highest BCUT2D eigenvalue weighted by Gasteiger charge is 2.46. The summed E-state index contributed by atoms with van der Waals surface area (Å²) in [6.07, 6.45) is 23.6. The molecule has 0 radical (unpaired) electrons. The van der Waals surface area contributed by atoms with Crippen LogP contribution in [0.15, 0.2) is 364 Å². The molecule has 4 aliphatic carbocycles. The van der Waals surface area contributed by atoms with Crippen LogP contribution in [0, 0.1) is 0 Å². The summed E-state index contributed by atoms with van der Waals surface area (Å²) in [6.45, 7) is 4.13. The number of hydrogen-bond acceptors (Lipinski definition) is 0. The molecule has 0 spiro atoms. The standard InChI is InChI=1S/C124H110N4/c1(5-37-77-125-113-57-25-15-45-97(113)98-46-16-26-58-114(98)125)33-73-123(74-34-2-6-38-78-126-115-59-27-17-47-99(115)100-48-18-28-60-116(100)126)109-55-23-13-43-93(109)95-71-67-87(83-111(95)123)85-65-69-91-92-70-66-86(82-108(92)122(107(91)81-85)121-105-53-11-9-41-89(105)90-42-10-12-54-106(90)121)88-68-72-96-94-44-14-24-56-110(94)124(112(96)84-88,75-35-3-7-39-79-127-117-61-29-19-49-101(117)102-50-20-30-62-118(102)127)76-36-4-8-40-80-128-119-63-31-21-51-103(119)104-52-22-32-64-120(104)128/h9-32,41-72,81-84,121-122H,1-8,33-40,73-80H2. The fourth-order valence-corrected chi connectivity index (χ4v) is 25.3. The molecule has 0 fully saturated rings. The van der Waals surface area contributed by atoms with Crippen molar-refractivity contribution < 1.29 is 0 Å². The Morgan fingerprint density at radius 1 is 0.164 bits per heavy atom. The summed E-state index contributed by atoms with van der Waals surface area (Å²) in [5, 5.41) is 10.9. The minimum Gasteiger partial charge on any atom is -0.340 e. The zero-order chi connectivity index (χ0) is 84.6. The molecule has 4 aliphatic rings. The van der Waals surface area contributed by atoms with Crippen molar-refractivity contribution in [1.29, 1.82) is 0 Å². The van der Waals surface area contributed by atoms with Crippen LogP contribution < -0.4 is 0 Å². The third-order valence-electron chi connectivity index (χ3n) is 31.1. The molecule has 0 N–H and O–H groups in total. The molecule has 20 aromatic rings. The number of aromatic nitrogens is 4. The van der Waals surface area contributed by atoms with E-state index in [4.69, 9.17) is 0 Å². The molecule has 0 saturated heterocycles. The lowest BCUT2D eigenvalue weighted by molar-refractivity contribution is 0.397. The van der Waals surface area contributed by atoms with Crippen molar-refractivity contribution >= 4 is 87.2 Å². The third kappa shape index (κ3) is 13.2. The smallest absolute Gasteiger partial charge is 0.0491 e. The molecular formula is C124H110N4. The van der Waals surface area contributed by atoms with E-state index >= 15 is 0 Å². The molecule has 4 nitrogen and oxygen atoms in total. The van der Waals surface area contributed by atoms with Crippen molar-refractivity contribution in [2.45, 2.75) is 177 Å². The van der Waals surface area contributed by atoms with E-state index in [9.17, 15) is 0 Å². The van der Waals surface area contributed by atoms with Crippen LogP contribution in [-0.2, 0) is 37.0 Å². The Bertz CT molecular complexity index is 6740. The molecule has 16 aromatic carbocycles. The minimum absolute atomic E-state index is 0.0788. The van der Waals surface area contributed by atoms with E-state index in [1.54, 1.807) is 0 Å². The SMILES string of the molecule is c1ccc2c(c1)-c1ccccc1C2C1c2cc(-c3ccc4c(c3)C(CCCCCCn3c5ccccc5c5ccccc53)(CCCCCCn3c5ccccc5c5ccccc53)c3ccccc3-4)ccc2-c2ccc(-c3ccc4c(c3)C(CCCCCCn3c5ccccc5c5ccccc53)(CCCCCCn3c5ccccc5c5ccccc53)c3ccccc3-4)cc21. The van der Waals surface area contributed by atoms with Gasteiger partial charge in [0.25, 0.3) is 0 Å². The van der Waals surface area contributed by atoms with Gasteiger partial charge in [-0.25, -0.2) is 0 Å². The van der Waals surface area contributed by atoms with Crippen LogP contribution in [0.2, 0.25) is 0 Å². The van der Waals surface area contributed by atoms with Crippen molar-refractivity contribution in [3.8, 4) is 66.8 Å². The summed E-state index contributed by atoms with van der Waals surface area (Å²) in [6, 6.07) is 141. The summed E-state index contributed by atoms with van der Waals surface area (Å²) < 4.78 is 10.4. The number of fused-ring (bicyclic) bond motifs is 24. The van der Waals surface area contributed by atoms with Crippen LogP contribution in [0.4, 0.5) is 0 Å². The van der Waals surface area contributed by atoms with Crippen molar-refractivity contribution in [1.82, 2.24) is 18.3 Å². The Hall–Kier alpha value is -13.3. The molecule has 0 unspecified atom stereocenters. The number of hydrogen-bond donors (Lipinski definition) is 0. The first kappa shape index (κ1) is 78.2. The van der Waals surface area contributed by atoms with Gasteiger partial charge >= 0.3 is 0 Å². The van der Waals surface area contributed by atoms with Gasteiger partial charge in [-0.1, -0.05) is 368 Å². The Morgan fingerprint density at radius 2 is 0.375 bits per heavy atom. The predicted octanol–water partition coefficient (Wildman–Crippen LogP) is 33.5. The topological polar surface area (TPSA) is 19.7 Å². The van der Waals surface area contributed by atoms with E-state index in [-0.39, 0.29) is 22.7 Å². The first-order chi connectivity index (χ1) is 63.5. The second kappa shape index (κ2) is 33.2. The van der Waals surface area contributed by atoms with Crippen molar-refractivity contribution in [3.63, 3.8) is 0 Å². The van der Waals surface area contributed by atoms with E-state index in [2.05, 4.69) is 382 Å².